The molecule has 5 nitrogen and oxygen atoms in total. The van der Waals surface area contributed by atoms with Gasteiger partial charge in [-0.25, -0.2) is 4.79 Å². The van der Waals surface area contributed by atoms with E-state index in [1.807, 2.05) is 12.1 Å². The number of para-hydroxylation sites is 1. The maximum atomic E-state index is 12.3. The summed E-state index contributed by atoms with van der Waals surface area (Å²) in [6.07, 6.45) is 1.91. The molecule has 1 aliphatic rings. The average molecular weight is 362 g/mol. The van der Waals surface area contributed by atoms with Gasteiger partial charge in [-0.05, 0) is 36.1 Å². The summed E-state index contributed by atoms with van der Waals surface area (Å²) >= 11 is 0. The van der Waals surface area contributed by atoms with Gasteiger partial charge < -0.3 is 9.73 Å². The van der Waals surface area contributed by atoms with Gasteiger partial charge in [-0.2, -0.15) is 0 Å². The SMILES string of the molecule is O=C(NCCCN1CCc2ccccc2C1)c1cc2ccccc2oc1=O. The Kier molecular flexibility index (Phi) is 5.03. The highest BCUT2D eigenvalue weighted by Gasteiger charge is 2.16. The first-order chi connectivity index (χ1) is 13.2. The molecule has 0 unspecified atom stereocenters. The van der Waals surface area contributed by atoms with Crippen LogP contribution in [-0.4, -0.2) is 30.4 Å². The lowest BCUT2D eigenvalue weighted by molar-refractivity contribution is 0.0947. The molecule has 0 bridgehead atoms. The normalized spacial score (nSPS) is 14.1. The summed E-state index contributed by atoms with van der Waals surface area (Å²) in [5.41, 5.74) is 2.77. The first-order valence-corrected chi connectivity index (χ1v) is 9.31. The summed E-state index contributed by atoms with van der Waals surface area (Å²) < 4.78 is 5.22. The predicted octanol–water partition coefficient (Wildman–Crippen LogP) is 2.97. The fourth-order valence-corrected chi connectivity index (χ4v) is 3.57. The topological polar surface area (TPSA) is 62.6 Å². The molecule has 0 radical (unpaired) electrons. The zero-order valence-electron chi connectivity index (χ0n) is 15.1. The molecule has 1 amide bonds. The molecule has 2 aromatic carbocycles. The van der Waals surface area contributed by atoms with Crippen molar-refractivity contribution in [3.63, 3.8) is 0 Å². The number of nitrogens with one attached hydrogen (secondary N) is 1. The number of amides is 1. The third-order valence-electron chi connectivity index (χ3n) is 5.03. The molecular weight excluding hydrogens is 340 g/mol. The summed E-state index contributed by atoms with van der Waals surface area (Å²) in [7, 11) is 0. The summed E-state index contributed by atoms with van der Waals surface area (Å²) in [6, 6.07) is 17.3. The van der Waals surface area contributed by atoms with E-state index in [2.05, 4.69) is 34.5 Å². The highest BCUT2D eigenvalue weighted by molar-refractivity contribution is 5.96. The van der Waals surface area contributed by atoms with Crippen molar-refractivity contribution in [2.45, 2.75) is 19.4 Å². The third-order valence-corrected chi connectivity index (χ3v) is 5.03. The van der Waals surface area contributed by atoms with Gasteiger partial charge in [0.2, 0.25) is 0 Å². The molecular formula is C22H22N2O3. The van der Waals surface area contributed by atoms with Crippen molar-refractivity contribution in [2.24, 2.45) is 0 Å². The molecule has 0 aliphatic carbocycles. The maximum absolute atomic E-state index is 12.3. The van der Waals surface area contributed by atoms with Gasteiger partial charge in [0.15, 0.2) is 0 Å². The predicted molar refractivity (Wildman–Crippen MR) is 105 cm³/mol. The van der Waals surface area contributed by atoms with Crippen molar-refractivity contribution in [1.29, 1.82) is 0 Å². The molecule has 3 aromatic rings. The number of fused-ring (bicyclic) bond motifs is 2. The van der Waals surface area contributed by atoms with Gasteiger partial charge in [-0.3, -0.25) is 9.69 Å². The Hall–Kier alpha value is -2.92. The van der Waals surface area contributed by atoms with Gasteiger partial charge in [0.05, 0.1) is 0 Å². The molecule has 0 saturated heterocycles. The van der Waals surface area contributed by atoms with Gasteiger partial charge in [-0.1, -0.05) is 42.5 Å². The molecule has 0 saturated carbocycles. The van der Waals surface area contributed by atoms with Crippen LogP contribution in [0.15, 0.2) is 63.8 Å². The Balaban J connectivity index is 1.30. The van der Waals surface area contributed by atoms with Crippen LogP contribution in [0, 0.1) is 0 Å². The Bertz CT molecular complexity index is 1030. The first kappa shape index (κ1) is 17.5. The van der Waals surface area contributed by atoms with Crippen molar-refractivity contribution >= 4 is 16.9 Å². The van der Waals surface area contributed by atoms with Gasteiger partial charge in [-0.15, -0.1) is 0 Å². The number of rotatable bonds is 5. The van der Waals surface area contributed by atoms with Gasteiger partial charge >= 0.3 is 5.63 Å². The molecule has 4 rings (SSSR count). The van der Waals surface area contributed by atoms with Crippen molar-refractivity contribution in [1.82, 2.24) is 10.2 Å². The van der Waals surface area contributed by atoms with Gasteiger partial charge in [0, 0.05) is 31.6 Å². The second kappa shape index (κ2) is 7.76. The lowest BCUT2D eigenvalue weighted by Crippen LogP contribution is -2.34. The minimum atomic E-state index is -0.598. The summed E-state index contributed by atoms with van der Waals surface area (Å²) in [4.78, 5) is 26.8. The lowest BCUT2D eigenvalue weighted by atomic mass is 10.00. The van der Waals surface area contributed by atoms with Crippen molar-refractivity contribution < 1.29 is 9.21 Å². The standard InChI is InChI=1S/C22H22N2O3/c25-21(19-14-17-7-3-4-9-20(17)27-22(19)26)23-11-5-12-24-13-10-16-6-1-2-8-18(16)15-24/h1-4,6-9,14H,5,10-13,15H2,(H,23,25). The Labute approximate surface area is 157 Å². The van der Waals surface area contributed by atoms with Crippen molar-refractivity contribution in [3.8, 4) is 0 Å². The van der Waals surface area contributed by atoms with E-state index >= 15 is 0 Å². The monoisotopic (exact) mass is 362 g/mol. The van der Waals surface area contributed by atoms with Crippen LogP contribution in [0.4, 0.5) is 0 Å². The smallest absolute Gasteiger partial charge is 0.349 e. The van der Waals surface area contributed by atoms with E-state index in [4.69, 9.17) is 4.42 Å². The van der Waals surface area contributed by atoms with Crippen LogP contribution in [0.3, 0.4) is 0 Å². The van der Waals surface area contributed by atoms with E-state index < -0.39 is 5.63 Å². The zero-order valence-corrected chi connectivity index (χ0v) is 15.1. The maximum Gasteiger partial charge on any atom is 0.349 e. The molecule has 1 aliphatic heterocycles. The van der Waals surface area contributed by atoms with E-state index in [0.717, 1.165) is 37.9 Å². The number of benzene rings is 2. The van der Waals surface area contributed by atoms with Gasteiger partial charge in [0.1, 0.15) is 11.1 Å². The average Bonchev–Trinajstić information content (AvgIpc) is 2.70. The van der Waals surface area contributed by atoms with Crippen LogP contribution in [0.5, 0.6) is 0 Å². The summed E-state index contributed by atoms with van der Waals surface area (Å²) in [5.74, 6) is -0.376. The molecule has 5 heteroatoms. The van der Waals surface area contributed by atoms with Crippen LogP contribution >= 0.6 is 0 Å². The largest absolute Gasteiger partial charge is 0.422 e. The van der Waals surface area contributed by atoms with Gasteiger partial charge in [0.25, 0.3) is 5.91 Å². The second-order valence-electron chi connectivity index (χ2n) is 6.89. The second-order valence-corrected chi connectivity index (χ2v) is 6.89. The summed E-state index contributed by atoms with van der Waals surface area (Å²) in [5, 5.41) is 3.58. The van der Waals surface area contributed by atoms with Crippen LogP contribution in [0.1, 0.15) is 27.9 Å². The minimum absolute atomic E-state index is 0.0561. The molecule has 2 heterocycles. The number of carbonyl (C=O) groups is 1. The van der Waals surface area contributed by atoms with Crippen LogP contribution in [-0.2, 0) is 13.0 Å². The van der Waals surface area contributed by atoms with E-state index in [0.29, 0.717) is 12.1 Å². The lowest BCUT2D eigenvalue weighted by Gasteiger charge is -2.28. The van der Waals surface area contributed by atoms with Crippen LogP contribution in [0.25, 0.3) is 11.0 Å². The van der Waals surface area contributed by atoms with Crippen LogP contribution < -0.4 is 10.9 Å². The number of carbonyl (C=O) groups excluding carboxylic acids is 1. The molecule has 27 heavy (non-hydrogen) atoms. The van der Waals surface area contributed by atoms with E-state index in [1.165, 1.54) is 11.1 Å². The summed E-state index contributed by atoms with van der Waals surface area (Å²) in [6.45, 7) is 3.45. The van der Waals surface area contributed by atoms with Crippen molar-refractivity contribution in [3.05, 3.63) is 81.7 Å². The fraction of sp³-hybridized carbons (Fsp3) is 0.273. The van der Waals surface area contributed by atoms with E-state index in [9.17, 15) is 9.59 Å². The molecule has 0 atom stereocenters. The molecule has 1 N–H and O–H groups in total. The number of hydrogen-bond donors (Lipinski definition) is 1. The fourth-order valence-electron chi connectivity index (χ4n) is 3.57. The molecule has 138 valence electrons. The van der Waals surface area contributed by atoms with E-state index in [1.54, 1.807) is 18.2 Å². The Morgan fingerprint density at radius 2 is 1.85 bits per heavy atom. The number of nitrogens with zero attached hydrogens (tertiary/aromatic N) is 1. The minimum Gasteiger partial charge on any atom is -0.422 e. The Morgan fingerprint density at radius 1 is 1.07 bits per heavy atom. The van der Waals surface area contributed by atoms with Crippen LogP contribution in [0.2, 0.25) is 0 Å². The van der Waals surface area contributed by atoms with E-state index in [-0.39, 0.29) is 11.5 Å². The third kappa shape index (κ3) is 3.93. The highest BCUT2D eigenvalue weighted by Crippen LogP contribution is 2.18. The zero-order chi connectivity index (χ0) is 18.6. The molecule has 0 fully saturated rings. The highest BCUT2D eigenvalue weighted by atomic mass is 16.4. The first-order valence-electron chi connectivity index (χ1n) is 9.31. The quantitative estimate of drug-likeness (QED) is 0.560. The number of hydrogen-bond acceptors (Lipinski definition) is 4. The molecule has 1 aromatic heterocycles. The molecule has 0 spiro atoms. The Morgan fingerprint density at radius 3 is 2.74 bits per heavy atom. The van der Waals surface area contributed by atoms with Crippen molar-refractivity contribution in [2.75, 3.05) is 19.6 Å².